The molecule has 0 radical (unpaired) electrons. The summed E-state index contributed by atoms with van der Waals surface area (Å²) in [6.45, 7) is 17.6. The first-order valence-corrected chi connectivity index (χ1v) is 14.6. The Morgan fingerprint density at radius 3 is 2.29 bits per heavy atom. The number of rotatable bonds is 8. The first-order valence-electron chi connectivity index (χ1n) is 14.2. The fourth-order valence-electron chi connectivity index (χ4n) is 5.41. The van der Waals surface area contributed by atoms with Crippen molar-refractivity contribution in [2.24, 2.45) is 5.41 Å². The smallest absolute Gasteiger partial charge is 0.337 e. The number of hydrogen-bond donors (Lipinski definition) is 1. The highest BCUT2D eigenvalue weighted by atomic mass is 35.5. The highest BCUT2D eigenvalue weighted by molar-refractivity contribution is 6.31. The lowest BCUT2D eigenvalue weighted by molar-refractivity contribution is -0.160. The van der Waals surface area contributed by atoms with Gasteiger partial charge in [-0.25, -0.2) is 9.78 Å². The number of pyridine rings is 2. The molecule has 41 heavy (non-hydrogen) atoms. The number of anilines is 1. The summed E-state index contributed by atoms with van der Waals surface area (Å²) >= 11 is 6.46. The van der Waals surface area contributed by atoms with Crippen molar-refractivity contribution in [3.63, 3.8) is 0 Å². The van der Waals surface area contributed by atoms with Crippen molar-refractivity contribution < 1.29 is 19.4 Å². The van der Waals surface area contributed by atoms with Gasteiger partial charge in [0.2, 0.25) is 5.88 Å². The molecule has 3 aromatic rings. The van der Waals surface area contributed by atoms with Crippen LogP contribution in [0.1, 0.15) is 89.0 Å². The molecule has 1 saturated heterocycles. The Morgan fingerprint density at radius 1 is 1.05 bits per heavy atom. The molecule has 0 amide bonds. The predicted molar refractivity (Wildman–Crippen MR) is 164 cm³/mol. The summed E-state index contributed by atoms with van der Waals surface area (Å²) in [4.78, 5) is 24.2. The van der Waals surface area contributed by atoms with E-state index in [4.69, 9.17) is 21.1 Å². The summed E-state index contributed by atoms with van der Waals surface area (Å²) < 4.78 is 12.3. The van der Waals surface area contributed by atoms with E-state index >= 15 is 0 Å². The van der Waals surface area contributed by atoms with Gasteiger partial charge in [0.25, 0.3) is 0 Å². The number of carbonyl (C=O) groups is 1. The summed E-state index contributed by atoms with van der Waals surface area (Å²) in [6.07, 6.45) is 4.12. The summed E-state index contributed by atoms with van der Waals surface area (Å²) in [7, 11) is 0. The van der Waals surface area contributed by atoms with Crippen LogP contribution in [0, 0.1) is 19.3 Å². The van der Waals surface area contributed by atoms with E-state index in [1.165, 1.54) is 0 Å². The molecular formula is C33H42ClN3O4. The zero-order valence-corrected chi connectivity index (χ0v) is 26.2. The minimum Gasteiger partial charge on any atom is -0.479 e. The maximum atomic E-state index is 12.6. The number of carboxylic acid groups (broad SMARTS) is 1. The van der Waals surface area contributed by atoms with Crippen LogP contribution >= 0.6 is 11.6 Å². The van der Waals surface area contributed by atoms with Gasteiger partial charge >= 0.3 is 5.97 Å². The van der Waals surface area contributed by atoms with Crippen LogP contribution in [0.3, 0.4) is 0 Å². The van der Waals surface area contributed by atoms with Crippen molar-refractivity contribution in [2.75, 3.05) is 18.0 Å². The van der Waals surface area contributed by atoms with Crippen LogP contribution < -0.4 is 9.64 Å². The fourth-order valence-corrected chi connectivity index (χ4v) is 5.78. The lowest BCUT2D eigenvalue weighted by Crippen LogP contribution is -2.39. The van der Waals surface area contributed by atoms with E-state index in [0.29, 0.717) is 22.2 Å². The number of piperidine rings is 1. The number of benzene rings is 1. The Labute approximate surface area is 248 Å². The zero-order valence-electron chi connectivity index (χ0n) is 25.4. The molecule has 1 aliphatic rings. The standard InChI is InChI=1S/C33H42ClN3O4/c1-20-10-9-11-25(34)27(20)22(3)40-26-13-12-23(18-36-26)24-19-35-21(2)28(30(31(38)39)41-32(4,5)6)29(24)37-16-14-33(7,8)15-17-37/h9-13,18-19,22,30H,14-17H2,1-8H3,(H,38,39)/t22?,30-/m0/s1. The van der Waals surface area contributed by atoms with Gasteiger partial charge in [-0.05, 0) is 77.5 Å². The zero-order chi connectivity index (χ0) is 30.1. The molecule has 4 rings (SSSR count). The van der Waals surface area contributed by atoms with Crippen molar-refractivity contribution in [2.45, 2.75) is 86.0 Å². The van der Waals surface area contributed by atoms with Crippen molar-refractivity contribution in [3.05, 3.63) is 70.1 Å². The maximum Gasteiger partial charge on any atom is 0.337 e. The summed E-state index contributed by atoms with van der Waals surface area (Å²) in [6, 6.07) is 9.58. The minimum atomic E-state index is -1.16. The number of ether oxygens (including phenoxy) is 2. The number of aliphatic carboxylic acids is 1. The largest absolute Gasteiger partial charge is 0.479 e. The van der Waals surface area contributed by atoms with E-state index in [-0.39, 0.29) is 11.5 Å². The second-order valence-corrected chi connectivity index (χ2v) is 13.1. The number of carboxylic acids is 1. The average molecular weight is 580 g/mol. The highest BCUT2D eigenvalue weighted by Gasteiger charge is 2.35. The lowest BCUT2D eigenvalue weighted by Gasteiger charge is -2.40. The third-order valence-electron chi connectivity index (χ3n) is 7.70. The monoisotopic (exact) mass is 579 g/mol. The Morgan fingerprint density at radius 2 is 1.73 bits per heavy atom. The molecule has 7 nitrogen and oxygen atoms in total. The second kappa shape index (κ2) is 12.0. The SMILES string of the molecule is Cc1cccc(Cl)c1C(C)Oc1ccc(-c2cnc(C)c([C@H](OC(C)(C)C)C(=O)O)c2N2CCC(C)(C)CC2)cn1. The summed E-state index contributed by atoms with van der Waals surface area (Å²) in [5.41, 5.74) is 5.28. The van der Waals surface area contributed by atoms with E-state index in [0.717, 1.165) is 53.9 Å². The topological polar surface area (TPSA) is 84.8 Å². The van der Waals surface area contributed by atoms with Crippen LogP contribution in [0.15, 0.2) is 42.7 Å². The lowest BCUT2D eigenvalue weighted by atomic mass is 9.82. The Hall–Kier alpha value is -3.16. The van der Waals surface area contributed by atoms with Crippen LogP contribution in [-0.4, -0.2) is 39.7 Å². The van der Waals surface area contributed by atoms with Crippen molar-refractivity contribution in [1.29, 1.82) is 0 Å². The van der Waals surface area contributed by atoms with E-state index in [9.17, 15) is 9.90 Å². The van der Waals surface area contributed by atoms with Gasteiger partial charge < -0.3 is 19.5 Å². The molecular weight excluding hydrogens is 538 g/mol. The van der Waals surface area contributed by atoms with Gasteiger partial charge in [0, 0.05) is 64.5 Å². The van der Waals surface area contributed by atoms with Gasteiger partial charge in [-0.3, -0.25) is 4.98 Å². The van der Waals surface area contributed by atoms with Gasteiger partial charge in [-0.2, -0.15) is 0 Å². The van der Waals surface area contributed by atoms with Crippen molar-refractivity contribution in [1.82, 2.24) is 9.97 Å². The molecule has 0 aliphatic carbocycles. The van der Waals surface area contributed by atoms with Crippen LogP contribution in [-0.2, 0) is 9.53 Å². The molecule has 1 unspecified atom stereocenters. The van der Waals surface area contributed by atoms with E-state index in [2.05, 4.69) is 28.7 Å². The van der Waals surface area contributed by atoms with E-state index < -0.39 is 17.7 Å². The van der Waals surface area contributed by atoms with E-state index in [1.54, 1.807) is 6.20 Å². The van der Waals surface area contributed by atoms with Gasteiger partial charge in [-0.1, -0.05) is 37.6 Å². The average Bonchev–Trinajstić information content (AvgIpc) is 2.87. The number of hydrogen-bond acceptors (Lipinski definition) is 6. The number of halogens is 1. The third kappa shape index (κ3) is 7.19. The van der Waals surface area contributed by atoms with E-state index in [1.807, 2.05) is 78.1 Å². The first-order chi connectivity index (χ1) is 19.2. The third-order valence-corrected chi connectivity index (χ3v) is 8.03. The van der Waals surface area contributed by atoms with Gasteiger partial charge in [0.05, 0.1) is 11.3 Å². The molecule has 2 aromatic heterocycles. The van der Waals surface area contributed by atoms with Crippen LogP contribution in [0.4, 0.5) is 5.69 Å². The highest BCUT2D eigenvalue weighted by Crippen LogP contribution is 2.43. The maximum absolute atomic E-state index is 12.6. The van der Waals surface area contributed by atoms with Crippen LogP contribution in [0.5, 0.6) is 5.88 Å². The Kier molecular flexibility index (Phi) is 9.00. The molecule has 0 spiro atoms. The summed E-state index contributed by atoms with van der Waals surface area (Å²) in [5, 5.41) is 11.0. The molecule has 1 aromatic carbocycles. The molecule has 1 N–H and O–H groups in total. The normalized spacial score (nSPS) is 16.8. The number of aryl methyl sites for hydroxylation is 2. The van der Waals surface area contributed by atoms with Crippen molar-refractivity contribution >= 4 is 23.3 Å². The predicted octanol–water partition coefficient (Wildman–Crippen LogP) is 8.12. The quantitative estimate of drug-likeness (QED) is 0.288. The molecule has 1 aliphatic heterocycles. The second-order valence-electron chi connectivity index (χ2n) is 12.7. The molecule has 3 heterocycles. The molecule has 8 heteroatoms. The van der Waals surface area contributed by atoms with Crippen LogP contribution in [0.2, 0.25) is 5.02 Å². The van der Waals surface area contributed by atoms with Gasteiger partial charge in [0.15, 0.2) is 6.10 Å². The number of nitrogens with zero attached hydrogens (tertiary/aromatic N) is 3. The minimum absolute atomic E-state index is 0.226. The molecule has 1 fully saturated rings. The Balaban J connectivity index is 1.76. The summed E-state index contributed by atoms with van der Waals surface area (Å²) in [5.74, 6) is -0.562. The first kappa shape index (κ1) is 30.8. The van der Waals surface area contributed by atoms with Gasteiger partial charge in [-0.15, -0.1) is 0 Å². The van der Waals surface area contributed by atoms with Gasteiger partial charge in [0.1, 0.15) is 6.10 Å². The number of aromatic nitrogens is 2. The van der Waals surface area contributed by atoms with Crippen LogP contribution in [0.25, 0.3) is 11.1 Å². The molecule has 0 bridgehead atoms. The molecule has 220 valence electrons. The Bertz CT molecular complexity index is 1370. The molecule has 0 saturated carbocycles. The fraction of sp³-hybridized carbons (Fsp3) is 0.485. The van der Waals surface area contributed by atoms with Crippen molar-refractivity contribution in [3.8, 4) is 17.0 Å². The molecule has 2 atom stereocenters.